The van der Waals surface area contributed by atoms with Crippen molar-refractivity contribution in [3.05, 3.63) is 44.6 Å². The number of anilines is 1. The first-order chi connectivity index (χ1) is 9.83. The van der Waals surface area contributed by atoms with Crippen LogP contribution in [0.1, 0.15) is 0 Å². The Morgan fingerprint density at radius 3 is 2.62 bits per heavy atom. The molecule has 0 aliphatic heterocycles. The van der Waals surface area contributed by atoms with Crippen molar-refractivity contribution >= 4 is 59.2 Å². The molecule has 1 aromatic heterocycles. The normalized spacial score (nSPS) is 11.2. The first-order valence-electron chi connectivity index (χ1n) is 5.51. The predicted octanol–water partition coefficient (Wildman–Crippen LogP) is 4.07. The number of pyridine rings is 1. The van der Waals surface area contributed by atoms with Gasteiger partial charge < -0.3 is 4.74 Å². The smallest absolute Gasteiger partial charge is 0.262 e. The lowest BCUT2D eigenvalue weighted by molar-refractivity contribution is 0.411. The van der Waals surface area contributed by atoms with Crippen molar-refractivity contribution in [2.75, 3.05) is 11.8 Å². The maximum Gasteiger partial charge on any atom is 0.262 e. The topological polar surface area (TPSA) is 68.3 Å². The fourth-order valence-electron chi connectivity index (χ4n) is 1.51. The Balaban J connectivity index is 2.38. The van der Waals surface area contributed by atoms with Gasteiger partial charge in [-0.15, -0.1) is 0 Å². The number of nitrogens with zero attached hydrogens (tertiary/aromatic N) is 1. The molecule has 0 unspecified atom stereocenters. The second kappa shape index (κ2) is 6.51. The number of hydrogen-bond acceptors (Lipinski definition) is 4. The van der Waals surface area contributed by atoms with Gasteiger partial charge in [0.1, 0.15) is 5.75 Å². The van der Waals surface area contributed by atoms with E-state index in [0.29, 0.717) is 14.7 Å². The molecule has 0 atom stereocenters. The molecule has 0 spiro atoms. The number of methoxy groups -OCH3 is 1. The van der Waals surface area contributed by atoms with Crippen molar-refractivity contribution < 1.29 is 13.2 Å². The van der Waals surface area contributed by atoms with E-state index in [2.05, 4.69) is 41.6 Å². The van der Waals surface area contributed by atoms with Gasteiger partial charge in [0.25, 0.3) is 10.0 Å². The molecule has 0 radical (unpaired) electrons. The second-order valence-corrected chi connectivity index (χ2v) is 7.70. The molecular formula is C12H9Br2ClN2O3S. The minimum absolute atomic E-state index is 0.0642. The van der Waals surface area contributed by atoms with Crippen LogP contribution < -0.4 is 9.46 Å². The summed E-state index contributed by atoms with van der Waals surface area (Å²) >= 11 is 12.3. The average Bonchev–Trinajstić information content (AvgIpc) is 2.42. The van der Waals surface area contributed by atoms with Crippen molar-refractivity contribution in [3.63, 3.8) is 0 Å². The summed E-state index contributed by atoms with van der Waals surface area (Å²) in [5.74, 6) is 0.538. The first kappa shape index (κ1) is 16.5. The molecule has 112 valence electrons. The highest BCUT2D eigenvalue weighted by Gasteiger charge is 2.18. The fraction of sp³-hybridized carbons (Fsp3) is 0.0833. The summed E-state index contributed by atoms with van der Waals surface area (Å²) in [6.07, 6.45) is 1.48. The van der Waals surface area contributed by atoms with E-state index in [0.717, 1.165) is 0 Å². The van der Waals surface area contributed by atoms with Crippen LogP contribution in [0.5, 0.6) is 5.75 Å². The highest BCUT2D eigenvalue weighted by atomic mass is 79.9. The van der Waals surface area contributed by atoms with Crippen molar-refractivity contribution in [3.8, 4) is 5.75 Å². The standard InChI is InChI=1S/C12H9Br2ClN2O3S/c1-20-11-3-2-8(5-9(11)14)21(18,19)17-10-4-7(13)6-16-12(10)15/h2-6,17H,1H3. The number of nitrogens with one attached hydrogen (secondary N) is 1. The fourth-order valence-corrected chi connectivity index (χ4v) is 3.83. The monoisotopic (exact) mass is 454 g/mol. The minimum atomic E-state index is -3.78. The molecule has 0 saturated carbocycles. The third-order valence-electron chi connectivity index (χ3n) is 2.48. The van der Waals surface area contributed by atoms with Crippen LogP contribution in [0.3, 0.4) is 0 Å². The summed E-state index contributed by atoms with van der Waals surface area (Å²) < 4.78 is 33.3. The maximum absolute atomic E-state index is 12.3. The number of rotatable bonds is 4. The quantitative estimate of drug-likeness (QED) is 0.705. The molecule has 1 heterocycles. The van der Waals surface area contributed by atoms with Gasteiger partial charge in [0.05, 0.1) is 22.2 Å². The van der Waals surface area contributed by atoms with E-state index in [4.69, 9.17) is 16.3 Å². The number of hydrogen-bond donors (Lipinski definition) is 1. The van der Waals surface area contributed by atoms with E-state index in [1.165, 1.54) is 31.5 Å². The summed E-state index contributed by atoms with van der Waals surface area (Å²) in [4.78, 5) is 3.94. The minimum Gasteiger partial charge on any atom is -0.496 e. The van der Waals surface area contributed by atoms with Crippen LogP contribution in [0.2, 0.25) is 5.15 Å². The largest absolute Gasteiger partial charge is 0.496 e. The van der Waals surface area contributed by atoms with Gasteiger partial charge in [-0.2, -0.15) is 0 Å². The van der Waals surface area contributed by atoms with E-state index in [1.54, 1.807) is 6.07 Å². The van der Waals surface area contributed by atoms with E-state index >= 15 is 0 Å². The predicted molar refractivity (Wildman–Crippen MR) is 88.4 cm³/mol. The maximum atomic E-state index is 12.3. The number of halogens is 3. The highest BCUT2D eigenvalue weighted by Crippen LogP contribution is 2.30. The first-order valence-corrected chi connectivity index (χ1v) is 8.95. The van der Waals surface area contributed by atoms with Crippen LogP contribution in [0.25, 0.3) is 0 Å². The van der Waals surface area contributed by atoms with Gasteiger partial charge in [0, 0.05) is 10.7 Å². The van der Waals surface area contributed by atoms with Crippen LogP contribution in [0, 0.1) is 0 Å². The highest BCUT2D eigenvalue weighted by molar-refractivity contribution is 9.10. The number of aromatic nitrogens is 1. The molecule has 9 heteroatoms. The third-order valence-corrected chi connectivity index (χ3v) is 5.20. The summed E-state index contributed by atoms with van der Waals surface area (Å²) in [5, 5.41) is 0.0642. The SMILES string of the molecule is COc1ccc(S(=O)(=O)Nc2cc(Br)cnc2Cl)cc1Br. The van der Waals surface area contributed by atoms with Crippen LogP contribution in [-0.4, -0.2) is 20.5 Å². The lowest BCUT2D eigenvalue weighted by Gasteiger charge is -2.11. The van der Waals surface area contributed by atoms with Crippen molar-refractivity contribution in [1.29, 1.82) is 0 Å². The van der Waals surface area contributed by atoms with E-state index in [-0.39, 0.29) is 15.7 Å². The van der Waals surface area contributed by atoms with Gasteiger partial charge in [0.2, 0.25) is 0 Å². The lowest BCUT2D eigenvalue weighted by atomic mass is 10.3. The molecule has 0 amide bonds. The molecule has 2 rings (SSSR count). The Hall–Kier alpha value is -0.830. The molecular weight excluding hydrogens is 447 g/mol. The lowest BCUT2D eigenvalue weighted by Crippen LogP contribution is -2.13. The van der Waals surface area contributed by atoms with Crippen molar-refractivity contribution in [2.45, 2.75) is 4.90 Å². The van der Waals surface area contributed by atoms with Gasteiger partial charge in [-0.3, -0.25) is 4.72 Å². The molecule has 0 aliphatic carbocycles. The van der Waals surface area contributed by atoms with Gasteiger partial charge in [0.15, 0.2) is 5.15 Å². The Morgan fingerprint density at radius 1 is 1.29 bits per heavy atom. The summed E-state index contributed by atoms with van der Waals surface area (Å²) in [6, 6.07) is 5.97. The summed E-state index contributed by atoms with van der Waals surface area (Å²) in [7, 11) is -2.28. The molecule has 0 bridgehead atoms. The Kier molecular flexibility index (Phi) is 5.13. The van der Waals surface area contributed by atoms with Crippen LogP contribution in [0.4, 0.5) is 5.69 Å². The molecule has 1 aromatic carbocycles. The summed E-state index contributed by atoms with van der Waals surface area (Å²) in [6.45, 7) is 0. The van der Waals surface area contributed by atoms with Gasteiger partial charge in [-0.1, -0.05) is 11.6 Å². The van der Waals surface area contributed by atoms with Gasteiger partial charge in [-0.05, 0) is 56.1 Å². The number of ether oxygens (including phenoxy) is 1. The molecule has 21 heavy (non-hydrogen) atoms. The van der Waals surface area contributed by atoms with Crippen molar-refractivity contribution in [1.82, 2.24) is 4.98 Å². The molecule has 1 N–H and O–H groups in total. The number of benzene rings is 1. The van der Waals surface area contributed by atoms with Crippen molar-refractivity contribution in [2.24, 2.45) is 0 Å². The summed E-state index contributed by atoms with van der Waals surface area (Å²) in [5.41, 5.74) is 0.193. The molecule has 2 aromatic rings. The third kappa shape index (κ3) is 3.88. The second-order valence-electron chi connectivity index (χ2n) is 3.89. The van der Waals surface area contributed by atoms with Crippen LogP contribution in [0.15, 0.2) is 44.3 Å². The Morgan fingerprint density at radius 2 is 2.00 bits per heavy atom. The molecule has 0 fully saturated rings. The molecule has 0 saturated heterocycles. The average molecular weight is 457 g/mol. The van der Waals surface area contributed by atoms with Gasteiger partial charge >= 0.3 is 0 Å². The van der Waals surface area contributed by atoms with E-state index < -0.39 is 10.0 Å². The zero-order valence-electron chi connectivity index (χ0n) is 10.6. The number of sulfonamides is 1. The van der Waals surface area contributed by atoms with Crippen LogP contribution in [-0.2, 0) is 10.0 Å². The Bertz CT molecular complexity index is 784. The molecule has 5 nitrogen and oxygen atoms in total. The van der Waals surface area contributed by atoms with Crippen LogP contribution >= 0.6 is 43.5 Å². The Labute approximate surface area is 144 Å². The van der Waals surface area contributed by atoms with Gasteiger partial charge in [-0.25, -0.2) is 13.4 Å². The molecule has 0 aliphatic rings. The zero-order chi connectivity index (χ0) is 15.6. The van der Waals surface area contributed by atoms with E-state index in [1.807, 2.05) is 0 Å². The van der Waals surface area contributed by atoms with E-state index in [9.17, 15) is 8.42 Å². The zero-order valence-corrected chi connectivity index (χ0v) is 15.3.